The summed E-state index contributed by atoms with van der Waals surface area (Å²) in [6.07, 6.45) is -3.03. The molecule has 0 spiro atoms. The number of ether oxygens (including phenoxy) is 2. The van der Waals surface area contributed by atoms with E-state index in [1.54, 1.807) is 13.1 Å². The van der Waals surface area contributed by atoms with Crippen LogP contribution in [0.25, 0.3) is 0 Å². The van der Waals surface area contributed by atoms with Crippen molar-refractivity contribution in [1.82, 2.24) is 5.32 Å². The quantitative estimate of drug-likeness (QED) is 0.550. The van der Waals surface area contributed by atoms with E-state index in [-0.39, 0.29) is 0 Å². The van der Waals surface area contributed by atoms with E-state index in [2.05, 4.69) is 5.32 Å². The first-order valence-electron chi connectivity index (χ1n) is 6.54. The number of hydrogen-bond donors (Lipinski definition) is 1. The molecule has 1 aromatic rings. The molecule has 1 N–H and O–H groups in total. The number of likely N-dealkylation sites (N-methyl/N-ethyl adjacent to an activating group) is 1. The molecule has 0 unspecified atom stereocenters. The van der Waals surface area contributed by atoms with Crippen molar-refractivity contribution in [3.05, 3.63) is 17.7 Å². The predicted molar refractivity (Wildman–Crippen MR) is 78.9 cm³/mol. The van der Waals surface area contributed by atoms with Gasteiger partial charge in [0.1, 0.15) is 11.5 Å². The van der Waals surface area contributed by atoms with Crippen molar-refractivity contribution in [3.8, 4) is 11.5 Å². The van der Waals surface area contributed by atoms with Gasteiger partial charge in [0.2, 0.25) is 0 Å². The molecule has 1 aromatic carbocycles. The number of benzene rings is 1. The molecule has 0 heterocycles. The normalized spacial score (nSPS) is 11.8. The van der Waals surface area contributed by atoms with Gasteiger partial charge in [0.05, 0.1) is 24.9 Å². The lowest BCUT2D eigenvalue weighted by molar-refractivity contribution is -0.109. The molecule has 0 aliphatic carbocycles. The zero-order valence-electron chi connectivity index (χ0n) is 12.6. The van der Waals surface area contributed by atoms with Gasteiger partial charge in [-0.2, -0.15) is 8.78 Å². The van der Waals surface area contributed by atoms with Gasteiger partial charge in [0.15, 0.2) is 0 Å². The number of thioether (sulfide) groups is 1. The Morgan fingerprint density at radius 2 is 1.82 bits per heavy atom. The van der Waals surface area contributed by atoms with Gasteiger partial charge in [-0.1, -0.05) is 0 Å². The van der Waals surface area contributed by atoms with Crippen molar-refractivity contribution < 1.29 is 27.0 Å². The maximum absolute atomic E-state index is 13.0. The van der Waals surface area contributed by atoms with E-state index < -0.39 is 18.1 Å². The van der Waals surface area contributed by atoms with Crippen LogP contribution in [0, 0.1) is 0 Å². The molecule has 0 fully saturated rings. The Morgan fingerprint density at radius 3 is 2.32 bits per heavy atom. The van der Waals surface area contributed by atoms with Crippen LogP contribution in [0.15, 0.2) is 17.0 Å². The lowest BCUT2D eigenvalue weighted by atomic mass is 10.1. The highest BCUT2D eigenvalue weighted by Gasteiger charge is 2.40. The van der Waals surface area contributed by atoms with E-state index in [1.165, 1.54) is 20.3 Å². The number of halogens is 4. The lowest BCUT2D eigenvalue weighted by Gasteiger charge is -2.17. The first kappa shape index (κ1) is 18.9. The smallest absolute Gasteiger partial charge is 0.316 e. The number of hydrogen-bond acceptors (Lipinski definition) is 4. The van der Waals surface area contributed by atoms with Gasteiger partial charge in [-0.05, 0) is 37.7 Å². The highest BCUT2D eigenvalue weighted by molar-refractivity contribution is 7.99. The van der Waals surface area contributed by atoms with Crippen LogP contribution in [0.3, 0.4) is 0 Å². The molecule has 0 aliphatic heterocycles. The Hall–Kier alpha value is -1.15. The average molecular weight is 341 g/mol. The fourth-order valence-corrected chi connectivity index (χ4v) is 2.69. The second kappa shape index (κ2) is 8.47. The number of rotatable bonds is 9. The summed E-state index contributed by atoms with van der Waals surface area (Å²) in [5.74, 6) is -4.20. The van der Waals surface area contributed by atoms with Crippen LogP contribution < -0.4 is 14.8 Å². The second-order valence-corrected chi connectivity index (χ2v) is 5.54. The Bertz CT molecular complexity index is 486. The number of methoxy groups -OCH3 is 2. The van der Waals surface area contributed by atoms with Gasteiger partial charge in [-0.25, -0.2) is 8.78 Å². The SMILES string of the molecule is CNCCc1cc(OC)c(SCC(F)(F)C(F)F)cc1OC. The molecule has 3 nitrogen and oxygen atoms in total. The highest BCUT2D eigenvalue weighted by atomic mass is 32.2. The van der Waals surface area contributed by atoms with Gasteiger partial charge in [0, 0.05) is 0 Å². The maximum Gasteiger partial charge on any atom is 0.316 e. The minimum atomic E-state index is -4.05. The number of nitrogens with one attached hydrogen (secondary N) is 1. The van der Waals surface area contributed by atoms with E-state index >= 15 is 0 Å². The molecule has 0 radical (unpaired) electrons. The predicted octanol–water partition coefficient (Wildman–Crippen LogP) is 3.46. The molecule has 0 bridgehead atoms. The van der Waals surface area contributed by atoms with Crippen molar-refractivity contribution in [2.24, 2.45) is 0 Å². The van der Waals surface area contributed by atoms with Crippen molar-refractivity contribution in [2.45, 2.75) is 23.7 Å². The van der Waals surface area contributed by atoms with Crippen LogP contribution >= 0.6 is 11.8 Å². The van der Waals surface area contributed by atoms with Crippen molar-refractivity contribution in [2.75, 3.05) is 33.6 Å². The Balaban J connectivity index is 2.99. The Labute approximate surface area is 131 Å². The molecule has 0 saturated heterocycles. The molecular weight excluding hydrogens is 322 g/mol. The second-order valence-electron chi connectivity index (χ2n) is 4.52. The van der Waals surface area contributed by atoms with Gasteiger partial charge < -0.3 is 14.8 Å². The van der Waals surface area contributed by atoms with Gasteiger partial charge in [0.25, 0.3) is 0 Å². The van der Waals surface area contributed by atoms with E-state index in [1.807, 2.05) is 0 Å². The summed E-state index contributed by atoms with van der Waals surface area (Å²) in [5, 5.41) is 2.99. The topological polar surface area (TPSA) is 30.5 Å². The minimum Gasteiger partial charge on any atom is -0.496 e. The summed E-state index contributed by atoms with van der Waals surface area (Å²) in [6.45, 7) is 0.704. The van der Waals surface area contributed by atoms with Crippen LogP contribution in [0.5, 0.6) is 11.5 Å². The monoisotopic (exact) mass is 341 g/mol. The zero-order chi connectivity index (χ0) is 16.8. The molecule has 0 saturated carbocycles. The average Bonchev–Trinajstić information content (AvgIpc) is 2.50. The largest absolute Gasteiger partial charge is 0.496 e. The Morgan fingerprint density at radius 1 is 1.18 bits per heavy atom. The van der Waals surface area contributed by atoms with Gasteiger partial charge in [-0.15, -0.1) is 11.8 Å². The van der Waals surface area contributed by atoms with Crippen LogP contribution in [-0.4, -0.2) is 45.9 Å². The minimum absolute atomic E-state index is 0.341. The highest BCUT2D eigenvalue weighted by Crippen LogP contribution is 2.39. The van der Waals surface area contributed by atoms with Crippen molar-refractivity contribution in [3.63, 3.8) is 0 Å². The molecule has 0 amide bonds. The molecule has 22 heavy (non-hydrogen) atoms. The molecular formula is C14H19F4NO2S. The van der Waals surface area contributed by atoms with E-state index in [0.717, 1.165) is 5.56 Å². The third-order valence-electron chi connectivity index (χ3n) is 2.95. The fraction of sp³-hybridized carbons (Fsp3) is 0.571. The number of alkyl halides is 4. The maximum atomic E-state index is 13.0. The van der Waals surface area contributed by atoms with Gasteiger partial charge >= 0.3 is 12.3 Å². The summed E-state index contributed by atoms with van der Waals surface area (Å²) >= 11 is 0.618. The van der Waals surface area contributed by atoms with E-state index in [4.69, 9.17) is 9.47 Å². The fourth-order valence-electron chi connectivity index (χ4n) is 1.74. The summed E-state index contributed by atoms with van der Waals surface area (Å²) in [6, 6.07) is 3.22. The van der Waals surface area contributed by atoms with Gasteiger partial charge in [-0.3, -0.25) is 0 Å². The van der Waals surface area contributed by atoms with Crippen LogP contribution in [0.4, 0.5) is 17.6 Å². The van der Waals surface area contributed by atoms with Crippen LogP contribution in [0.1, 0.15) is 5.56 Å². The van der Waals surface area contributed by atoms with Crippen molar-refractivity contribution in [1.29, 1.82) is 0 Å². The van der Waals surface area contributed by atoms with Crippen LogP contribution in [-0.2, 0) is 6.42 Å². The zero-order valence-corrected chi connectivity index (χ0v) is 13.4. The molecule has 0 aliphatic rings. The van der Waals surface area contributed by atoms with Crippen LogP contribution in [0.2, 0.25) is 0 Å². The molecule has 8 heteroatoms. The summed E-state index contributed by atoms with van der Waals surface area (Å²) < 4.78 is 60.9. The summed E-state index contributed by atoms with van der Waals surface area (Å²) in [4.78, 5) is 0.341. The lowest BCUT2D eigenvalue weighted by Crippen LogP contribution is -2.29. The van der Waals surface area contributed by atoms with E-state index in [0.29, 0.717) is 41.1 Å². The molecule has 126 valence electrons. The Kier molecular flexibility index (Phi) is 7.28. The summed E-state index contributed by atoms with van der Waals surface area (Å²) in [5.41, 5.74) is 0.846. The molecule has 0 aromatic heterocycles. The third kappa shape index (κ3) is 4.95. The molecule has 0 atom stereocenters. The first-order valence-corrected chi connectivity index (χ1v) is 7.52. The third-order valence-corrected chi connectivity index (χ3v) is 4.11. The first-order chi connectivity index (χ1) is 10.4. The molecule has 1 rings (SSSR count). The van der Waals surface area contributed by atoms with E-state index in [9.17, 15) is 17.6 Å². The standard InChI is InChI=1S/C14H19F4NO2S/c1-19-5-4-9-6-11(21-3)12(7-10(9)20-2)22-8-14(17,18)13(15)16/h6-7,13,19H,4-5,8H2,1-3H3. The summed E-state index contributed by atoms with van der Waals surface area (Å²) in [7, 11) is 4.67. The van der Waals surface area contributed by atoms with Crippen molar-refractivity contribution >= 4 is 11.8 Å².